The molecule has 0 atom stereocenters. The van der Waals surface area contributed by atoms with Crippen molar-refractivity contribution in [3.63, 3.8) is 0 Å². The van der Waals surface area contributed by atoms with Crippen LogP contribution in [-0.4, -0.2) is 18.2 Å². The van der Waals surface area contributed by atoms with Gasteiger partial charge in [-0.05, 0) is 29.8 Å². The summed E-state index contributed by atoms with van der Waals surface area (Å²) in [6.07, 6.45) is 0. The van der Waals surface area contributed by atoms with E-state index < -0.39 is 5.97 Å². The van der Waals surface area contributed by atoms with Gasteiger partial charge < -0.3 is 9.84 Å². The van der Waals surface area contributed by atoms with Crippen molar-refractivity contribution in [2.24, 2.45) is 0 Å². The van der Waals surface area contributed by atoms with Crippen molar-refractivity contribution >= 4 is 40.8 Å². The molecule has 2 rings (SSSR count). The Balaban J connectivity index is 2.62. The minimum atomic E-state index is -1.07. The molecule has 0 fully saturated rings. The Kier molecular flexibility index (Phi) is 4.43. The highest BCUT2D eigenvalue weighted by Crippen LogP contribution is 2.37. The van der Waals surface area contributed by atoms with Crippen molar-refractivity contribution in [3.05, 3.63) is 51.0 Å². The van der Waals surface area contributed by atoms with Crippen LogP contribution in [0.1, 0.15) is 10.4 Å². The molecule has 2 aromatic rings. The van der Waals surface area contributed by atoms with Crippen molar-refractivity contribution < 1.29 is 14.6 Å². The summed E-state index contributed by atoms with van der Waals surface area (Å²) in [5.41, 5.74) is 1.24. The van der Waals surface area contributed by atoms with Crippen LogP contribution in [-0.2, 0) is 0 Å². The van der Waals surface area contributed by atoms with Gasteiger partial charge in [-0.15, -0.1) is 0 Å². The van der Waals surface area contributed by atoms with Crippen LogP contribution < -0.4 is 4.74 Å². The van der Waals surface area contributed by atoms with Gasteiger partial charge in [0.1, 0.15) is 5.75 Å². The summed E-state index contributed by atoms with van der Waals surface area (Å²) in [5, 5.41) is 10.1. The summed E-state index contributed by atoms with van der Waals surface area (Å²) in [5.74, 6) is -0.620. The Bertz CT molecular complexity index is 684. The van der Waals surface area contributed by atoms with Gasteiger partial charge in [0.25, 0.3) is 0 Å². The molecule has 0 radical (unpaired) electrons. The SMILES string of the molecule is COc1cc(Cl)c(-c2cc(Cl)cc(C(=O)O)c2)cc1Cl. The van der Waals surface area contributed by atoms with Crippen LogP contribution in [0.15, 0.2) is 30.3 Å². The third-order valence-electron chi connectivity index (χ3n) is 2.70. The number of hydrogen-bond acceptors (Lipinski definition) is 2. The molecule has 0 saturated heterocycles. The Labute approximate surface area is 130 Å². The van der Waals surface area contributed by atoms with Crippen molar-refractivity contribution in [3.8, 4) is 16.9 Å². The molecule has 0 aromatic heterocycles. The van der Waals surface area contributed by atoms with Crippen LogP contribution >= 0.6 is 34.8 Å². The molecule has 0 spiro atoms. The van der Waals surface area contributed by atoms with Crippen LogP contribution in [0.4, 0.5) is 0 Å². The van der Waals surface area contributed by atoms with Gasteiger partial charge in [-0.2, -0.15) is 0 Å². The Morgan fingerprint density at radius 2 is 1.75 bits per heavy atom. The molecule has 0 aliphatic carbocycles. The van der Waals surface area contributed by atoms with E-state index in [0.29, 0.717) is 31.9 Å². The summed E-state index contributed by atoms with van der Waals surface area (Å²) < 4.78 is 5.07. The van der Waals surface area contributed by atoms with E-state index >= 15 is 0 Å². The number of halogens is 3. The number of methoxy groups -OCH3 is 1. The maximum atomic E-state index is 11.1. The van der Waals surface area contributed by atoms with Gasteiger partial charge in [-0.25, -0.2) is 4.79 Å². The topological polar surface area (TPSA) is 46.5 Å². The number of carboxylic acid groups (broad SMARTS) is 1. The molecule has 0 bridgehead atoms. The van der Waals surface area contributed by atoms with E-state index in [-0.39, 0.29) is 5.56 Å². The zero-order valence-electron chi connectivity index (χ0n) is 10.3. The normalized spacial score (nSPS) is 10.4. The van der Waals surface area contributed by atoms with Crippen LogP contribution in [0.3, 0.4) is 0 Å². The molecule has 2 aromatic carbocycles. The molecule has 0 saturated carbocycles. The number of aromatic carboxylic acids is 1. The number of carbonyl (C=O) groups is 1. The number of hydrogen-bond donors (Lipinski definition) is 1. The summed E-state index contributed by atoms with van der Waals surface area (Å²) >= 11 is 18.2. The summed E-state index contributed by atoms with van der Waals surface area (Å²) in [7, 11) is 1.49. The standard InChI is InChI=1S/C14H9Cl3O3/c1-20-13-6-11(16)10(5-12(13)17)7-2-8(14(18)19)4-9(15)3-7/h2-6H,1H3,(H,18,19). The molecule has 0 unspecified atom stereocenters. The summed E-state index contributed by atoms with van der Waals surface area (Å²) in [6.45, 7) is 0. The van der Waals surface area contributed by atoms with E-state index in [1.807, 2.05) is 0 Å². The minimum absolute atomic E-state index is 0.0792. The zero-order chi connectivity index (χ0) is 14.9. The molecule has 0 aliphatic rings. The van der Waals surface area contributed by atoms with Crippen molar-refractivity contribution in [2.75, 3.05) is 7.11 Å². The highest BCUT2D eigenvalue weighted by Gasteiger charge is 2.13. The highest BCUT2D eigenvalue weighted by molar-refractivity contribution is 6.36. The van der Waals surface area contributed by atoms with Gasteiger partial charge >= 0.3 is 5.97 Å². The Morgan fingerprint density at radius 3 is 2.35 bits per heavy atom. The predicted molar refractivity (Wildman–Crippen MR) is 80.4 cm³/mol. The van der Waals surface area contributed by atoms with Gasteiger partial charge in [0.2, 0.25) is 0 Å². The lowest BCUT2D eigenvalue weighted by molar-refractivity contribution is 0.0697. The van der Waals surface area contributed by atoms with E-state index in [4.69, 9.17) is 44.6 Å². The van der Waals surface area contributed by atoms with Crippen LogP contribution in [0.2, 0.25) is 15.1 Å². The van der Waals surface area contributed by atoms with E-state index in [9.17, 15) is 4.79 Å². The zero-order valence-corrected chi connectivity index (χ0v) is 12.6. The van der Waals surface area contributed by atoms with Gasteiger partial charge in [0, 0.05) is 16.7 Å². The maximum absolute atomic E-state index is 11.1. The molecule has 6 heteroatoms. The Morgan fingerprint density at radius 1 is 1.05 bits per heavy atom. The first-order valence-electron chi connectivity index (χ1n) is 5.49. The fourth-order valence-electron chi connectivity index (χ4n) is 1.77. The first-order chi connectivity index (χ1) is 9.42. The van der Waals surface area contributed by atoms with Gasteiger partial charge in [-0.1, -0.05) is 34.8 Å². The monoisotopic (exact) mass is 330 g/mol. The van der Waals surface area contributed by atoms with E-state index in [2.05, 4.69) is 0 Å². The Hall–Kier alpha value is -1.42. The van der Waals surface area contributed by atoms with E-state index in [1.54, 1.807) is 18.2 Å². The van der Waals surface area contributed by atoms with E-state index in [0.717, 1.165) is 0 Å². The third kappa shape index (κ3) is 3.01. The lowest BCUT2D eigenvalue weighted by Gasteiger charge is -2.10. The second kappa shape index (κ2) is 5.92. The smallest absolute Gasteiger partial charge is 0.335 e. The van der Waals surface area contributed by atoms with Gasteiger partial charge in [-0.3, -0.25) is 0 Å². The van der Waals surface area contributed by atoms with Crippen LogP contribution in [0.25, 0.3) is 11.1 Å². The lowest BCUT2D eigenvalue weighted by atomic mass is 10.0. The molecule has 104 valence electrons. The second-order valence-corrected chi connectivity index (χ2v) is 5.25. The quantitative estimate of drug-likeness (QED) is 0.859. The first kappa shape index (κ1) is 15.0. The predicted octanol–water partition coefficient (Wildman–Crippen LogP) is 5.02. The second-order valence-electron chi connectivity index (χ2n) is 4.00. The van der Waals surface area contributed by atoms with Gasteiger partial charge in [0.05, 0.1) is 22.7 Å². The summed E-state index contributed by atoms with van der Waals surface area (Å²) in [6, 6.07) is 7.66. The fourth-order valence-corrected chi connectivity index (χ4v) is 2.51. The average molecular weight is 332 g/mol. The number of carboxylic acids is 1. The maximum Gasteiger partial charge on any atom is 0.335 e. The van der Waals surface area contributed by atoms with Gasteiger partial charge in [0.15, 0.2) is 0 Å². The molecular formula is C14H9Cl3O3. The molecule has 1 N–H and O–H groups in total. The van der Waals surface area contributed by atoms with Crippen molar-refractivity contribution in [1.29, 1.82) is 0 Å². The number of benzene rings is 2. The third-order valence-corrected chi connectivity index (χ3v) is 3.52. The summed E-state index contributed by atoms with van der Waals surface area (Å²) in [4.78, 5) is 11.1. The highest BCUT2D eigenvalue weighted by atomic mass is 35.5. The van der Waals surface area contributed by atoms with Crippen LogP contribution in [0.5, 0.6) is 5.75 Å². The molecular weight excluding hydrogens is 323 g/mol. The van der Waals surface area contributed by atoms with Crippen LogP contribution in [0, 0.1) is 0 Å². The molecule has 0 amide bonds. The van der Waals surface area contributed by atoms with Crippen molar-refractivity contribution in [1.82, 2.24) is 0 Å². The van der Waals surface area contributed by atoms with E-state index in [1.165, 1.54) is 19.2 Å². The number of ether oxygens (including phenoxy) is 1. The first-order valence-corrected chi connectivity index (χ1v) is 6.63. The molecule has 0 aliphatic heterocycles. The largest absolute Gasteiger partial charge is 0.495 e. The number of rotatable bonds is 3. The fraction of sp³-hybridized carbons (Fsp3) is 0.0714. The molecule has 3 nitrogen and oxygen atoms in total. The average Bonchev–Trinajstić information content (AvgIpc) is 2.40. The molecule has 20 heavy (non-hydrogen) atoms. The van der Waals surface area contributed by atoms with Crippen molar-refractivity contribution in [2.45, 2.75) is 0 Å². The minimum Gasteiger partial charge on any atom is -0.495 e. The molecule has 0 heterocycles. The lowest BCUT2D eigenvalue weighted by Crippen LogP contribution is -1.96.